The Morgan fingerprint density at radius 3 is 2.38 bits per heavy atom. The number of anilines is 3. The molecule has 0 atom stereocenters. The minimum Gasteiger partial charge on any atom is -0.355 e. The van der Waals surface area contributed by atoms with Gasteiger partial charge in [0.25, 0.3) is 0 Å². The highest BCUT2D eigenvalue weighted by molar-refractivity contribution is 6.00. The van der Waals surface area contributed by atoms with Crippen molar-refractivity contribution < 1.29 is 4.79 Å². The second kappa shape index (κ2) is 8.73. The average molecular weight is 387 g/mol. The average Bonchev–Trinajstić information content (AvgIpc) is 3.29. The molecule has 4 rings (SSSR count). The number of rotatable bonds is 5. The van der Waals surface area contributed by atoms with Crippen LogP contribution < -0.4 is 15.5 Å². The molecule has 0 spiro atoms. The fraction of sp³-hybridized carbons (Fsp3) is 0.261. The minimum absolute atomic E-state index is 0.276. The normalized spacial score (nSPS) is 13.3. The van der Waals surface area contributed by atoms with E-state index in [4.69, 9.17) is 0 Å². The lowest BCUT2D eigenvalue weighted by molar-refractivity contribution is 0.262. The van der Waals surface area contributed by atoms with Gasteiger partial charge in [0.15, 0.2) is 5.82 Å². The van der Waals surface area contributed by atoms with Crippen LogP contribution in [0.2, 0.25) is 0 Å². The number of carbonyl (C=O) groups excluding carboxylic acids is 1. The predicted octanol–water partition coefficient (Wildman–Crippen LogP) is 4.95. The molecule has 2 heterocycles. The monoisotopic (exact) mass is 387 g/mol. The minimum atomic E-state index is -0.276. The van der Waals surface area contributed by atoms with Crippen LogP contribution >= 0.6 is 0 Å². The van der Waals surface area contributed by atoms with E-state index in [-0.39, 0.29) is 6.03 Å². The zero-order valence-electron chi connectivity index (χ0n) is 16.6. The first kappa shape index (κ1) is 18.9. The molecule has 0 unspecified atom stereocenters. The Labute approximate surface area is 171 Å². The quantitative estimate of drug-likeness (QED) is 0.650. The standard InChI is InChI=1S/C23H25N5O/c1-2-17-8-10-19(11-9-17)24-23(29)25-20-7-5-6-18(16-20)21-12-13-22(27-26-21)28-14-3-4-15-28/h5-13,16H,2-4,14-15H2,1H3,(H2,24,25,29). The number of urea groups is 1. The van der Waals surface area contributed by atoms with Gasteiger partial charge in [-0.25, -0.2) is 4.79 Å². The van der Waals surface area contributed by atoms with E-state index in [1.165, 1.54) is 18.4 Å². The van der Waals surface area contributed by atoms with Crippen molar-refractivity contribution >= 4 is 23.2 Å². The Bertz CT molecular complexity index is 963. The molecule has 2 N–H and O–H groups in total. The lowest BCUT2D eigenvalue weighted by atomic mass is 10.1. The maximum atomic E-state index is 12.3. The SMILES string of the molecule is CCc1ccc(NC(=O)Nc2cccc(-c3ccc(N4CCCC4)nn3)c2)cc1. The van der Waals surface area contributed by atoms with E-state index in [1.807, 2.05) is 60.7 Å². The van der Waals surface area contributed by atoms with Crippen LogP contribution in [0.4, 0.5) is 22.0 Å². The van der Waals surface area contributed by atoms with E-state index >= 15 is 0 Å². The van der Waals surface area contributed by atoms with Crippen LogP contribution in [-0.4, -0.2) is 29.3 Å². The van der Waals surface area contributed by atoms with Crippen molar-refractivity contribution in [2.24, 2.45) is 0 Å². The number of amides is 2. The number of aryl methyl sites for hydroxylation is 1. The molecule has 3 aromatic rings. The maximum absolute atomic E-state index is 12.3. The van der Waals surface area contributed by atoms with Crippen molar-refractivity contribution in [2.45, 2.75) is 26.2 Å². The topological polar surface area (TPSA) is 70.2 Å². The van der Waals surface area contributed by atoms with Gasteiger partial charge in [0.05, 0.1) is 5.69 Å². The predicted molar refractivity (Wildman–Crippen MR) is 117 cm³/mol. The molecular weight excluding hydrogens is 362 g/mol. The molecule has 2 aromatic carbocycles. The Kier molecular flexibility index (Phi) is 5.70. The molecule has 0 radical (unpaired) electrons. The van der Waals surface area contributed by atoms with Gasteiger partial charge in [0.2, 0.25) is 0 Å². The Morgan fingerprint density at radius 1 is 0.931 bits per heavy atom. The number of nitrogens with one attached hydrogen (secondary N) is 2. The summed E-state index contributed by atoms with van der Waals surface area (Å²) >= 11 is 0. The van der Waals surface area contributed by atoms with E-state index in [2.05, 4.69) is 32.7 Å². The largest absolute Gasteiger partial charge is 0.355 e. The summed E-state index contributed by atoms with van der Waals surface area (Å²) < 4.78 is 0. The van der Waals surface area contributed by atoms with Crippen molar-refractivity contribution in [3.8, 4) is 11.3 Å². The fourth-order valence-corrected chi connectivity index (χ4v) is 3.47. The molecule has 0 aliphatic carbocycles. The third-order valence-corrected chi connectivity index (χ3v) is 5.12. The highest BCUT2D eigenvalue weighted by Crippen LogP contribution is 2.23. The fourth-order valence-electron chi connectivity index (χ4n) is 3.47. The van der Waals surface area contributed by atoms with Gasteiger partial charge >= 0.3 is 6.03 Å². The highest BCUT2D eigenvalue weighted by atomic mass is 16.2. The number of benzene rings is 2. The van der Waals surface area contributed by atoms with Gasteiger partial charge in [-0.05, 0) is 61.2 Å². The summed E-state index contributed by atoms with van der Waals surface area (Å²) in [5, 5.41) is 14.5. The number of hydrogen-bond acceptors (Lipinski definition) is 4. The van der Waals surface area contributed by atoms with Crippen LogP contribution in [0.15, 0.2) is 60.7 Å². The number of carbonyl (C=O) groups is 1. The third-order valence-electron chi connectivity index (χ3n) is 5.12. The second-order valence-electron chi connectivity index (χ2n) is 7.18. The van der Waals surface area contributed by atoms with E-state index in [0.29, 0.717) is 5.69 Å². The lowest BCUT2D eigenvalue weighted by Gasteiger charge is -2.15. The molecule has 6 heteroatoms. The molecule has 2 amide bonds. The van der Waals surface area contributed by atoms with Crippen molar-refractivity contribution in [1.82, 2.24) is 10.2 Å². The molecule has 6 nitrogen and oxygen atoms in total. The van der Waals surface area contributed by atoms with Gasteiger partial charge in [-0.3, -0.25) is 0 Å². The van der Waals surface area contributed by atoms with E-state index < -0.39 is 0 Å². The zero-order chi connectivity index (χ0) is 20.1. The molecule has 29 heavy (non-hydrogen) atoms. The van der Waals surface area contributed by atoms with E-state index in [0.717, 1.165) is 42.3 Å². The van der Waals surface area contributed by atoms with Gasteiger partial charge in [-0.1, -0.05) is 31.2 Å². The van der Waals surface area contributed by atoms with Gasteiger partial charge in [0.1, 0.15) is 0 Å². The molecule has 1 aromatic heterocycles. The van der Waals surface area contributed by atoms with Crippen LogP contribution in [0, 0.1) is 0 Å². The molecule has 0 bridgehead atoms. The smallest absolute Gasteiger partial charge is 0.323 e. The Balaban J connectivity index is 1.41. The van der Waals surface area contributed by atoms with E-state index in [1.54, 1.807) is 0 Å². The van der Waals surface area contributed by atoms with Crippen molar-refractivity contribution in [3.05, 3.63) is 66.2 Å². The van der Waals surface area contributed by atoms with Crippen LogP contribution in [0.3, 0.4) is 0 Å². The summed E-state index contributed by atoms with van der Waals surface area (Å²) in [5.41, 5.74) is 4.40. The van der Waals surface area contributed by atoms with Gasteiger partial charge in [-0.2, -0.15) is 0 Å². The molecule has 1 aliphatic heterocycles. The van der Waals surface area contributed by atoms with Crippen LogP contribution in [-0.2, 0) is 6.42 Å². The Hall–Kier alpha value is -3.41. The molecular formula is C23H25N5O. The highest BCUT2D eigenvalue weighted by Gasteiger charge is 2.14. The number of hydrogen-bond donors (Lipinski definition) is 2. The number of aromatic nitrogens is 2. The lowest BCUT2D eigenvalue weighted by Crippen LogP contribution is -2.19. The molecule has 1 saturated heterocycles. The first-order valence-corrected chi connectivity index (χ1v) is 10.1. The first-order chi connectivity index (χ1) is 14.2. The molecule has 148 valence electrons. The second-order valence-corrected chi connectivity index (χ2v) is 7.18. The first-order valence-electron chi connectivity index (χ1n) is 10.1. The van der Waals surface area contributed by atoms with Gasteiger partial charge in [0, 0.05) is 30.0 Å². The molecule has 0 saturated carbocycles. The summed E-state index contributed by atoms with van der Waals surface area (Å²) in [6.07, 6.45) is 3.39. The summed E-state index contributed by atoms with van der Waals surface area (Å²) in [5.74, 6) is 0.925. The number of nitrogens with zero attached hydrogens (tertiary/aromatic N) is 3. The van der Waals surface area contributed by atoms with Gasteiger partial charge in [-0.15, -0.1) is 10.2 Å². The molecule has 1 fully saturated rings. The summed E-state index contributed by atoms with van der Waals surface area (Å²) in [4.78, 5) is 14.6. The molecule has 1 aliphatic rings. The van der Waals surface area contributed by atoms with Crippen molar-refractivity contribution in [3.63, 3.8) is 0 Å². The van der Waals surface area contributed by atoms with Crippen molar-refractivity contribution in [1.29, 1.82) is 0 Å². The van der Waals surface area contributed by atoms with Crippen LogP contribution in [0.1, 0.15) is 25.3 Å². The summed E-state index contributed by atoms with van der Waals surface area (Å²) in [7, 11) is 0. The third kappa shape index (κ3) is 4.71. The Morgan fingerprint density at radius 2 is 1.69 bits per heavy atom. The summed E-state index contributed by atoms with van der Waals surface area (Å²) in [6, 6.07) is 19.2. The maximum Gasteiger partial charge on any atom is 0.323 e. The zero-order valence-corrected chi connectivity index (χ0v) is 16.6. The van der Waals surface area contributed by atoms with Crippen LogP contribution in [0.5, 0.6) is 0 Å². The van der Waals surface area contributed by atoms with E-state index in [9.17, 15) is 4.79 Å². The van der Waals surface area contributed by atoms with Crippen LogP contribution in [0.25, 0.3) is 11.3 Å². The van der Waals surface area contributed by atoms with Gasteiger partial charge < -0.3 is 15.5 Å². The van der Waals surface area contributed by atoms with Crippen molar-refractivity contribution in [2.75, 3.05) is 28.6 Å². The summed E-state index contributed by atoms with van der Waals surface area (Å²) in [6.45, 7) is 4.19.